The molecule has 2 unspecified atom stereocenters. The molecule has 1 saturated carbocycles. The molecular formula is C12H21N3O. The molecule has 1 aliphatic carbocycles. The number of rotatable bonds is 4. The van der Waals surface area contributed by atoms with Gasteiger partial charge in [0.1, 0.15) is 0 Å². The van der Waals surface area contributed by atoms with Crippen molar-refractivity contribution in [3.05, 3.63) is 18.0 Å². The molecule has 0 saturated heterocycles. The van der Waals surface area contributed by atoms with Crippen molar-refractivity contribution < 1.29 is 5.11 Å². The fourth-order valence-electron chi connectivity index (χ4n) is 2.20. The van der Waals surface area contributed by atoms with Gasteiger partial charge in [-0.25, -0.2) is 0 Å². The Hall–Kier alpha value is -0.870. The van der Waals surface area contributed by atoms with Crippen molar-refractivity contribution in [3.8, 4) is 0 Å². The van der Waals surface area contributed by atoms with Gasteiger partial charge in [-0.3, -0.25) is 4.68 Å². The van der Waals surface area contributed by atoms with Crippen LogP contribution in [0, 0.1) is 0 Å². The van der Waals surface area contributed by atoms with Crippen molar-refractivity contribution in [1.82, 2.24) is 15.1 Å². The molecule has 2 rings (SSSR count). The zero-order chi connectivity index (χ0) is 11.5. The molecule has 0 aromatic carbocycles. The second kappa shape index (κ2) is 4.97. The summed E-state index contributed by atoms with van der Waals surface area (Å²) in [6.45, 7) is 5.11. The molecular weight excluding hydrogens is 202 g/mol. The van der Waals surface area contributed by atoms with E-state index in [1.807, 2.05) is 10.9 Å². The standard InChI is InChI=1S/C12H21N3O/c1-9(2)13-6-10-7-14-15(8-10)11-4-3-5-12(11)16/h7-9,11-13,16H,3-6H2,1-2H3. The molecule has 4 heteroatoms. The molecule has 1 aromatic heterocycles. The monoisotopic (exact) mass is 223 g/mol. The van der Waals surface area contributed by atoms with E-state index in [0.717, 1.165) is 25.8 Å². The summed E-state index contributed by atoms with van der Waals surface area (Å²) in [4.78, 5) is 0. The summed E-state index contributed by atoms with van der Waals surface area (Å²) < 4.78 is 1.93. The van der Waals surface area contributed by atoms with E-state index < -0.39 is 0 Å². The molecule has 2 atom stereocenters. The van der Waals surface area contributed by atoms with Crippen LogP contribution in [0.3, 0.4) is 0 Å². The average Bonchev–Trinajstić information content (AvgIpc) is 2.83. The van der Waals surface area contributed by atoms with Gasteiger partial charge in [-0.05, 0) is 19.3 Å². The molecule has 1 heterocycles. The number of aromatic nitrogens is 2. The lowest BCUT2D eigenvalue weighted by Gasteiger charge is -2.14. The van der Waals surface area contributed by atoms with E-state index >= 15 is 0 Å². The van der Waals surface area contributed by atoms with Gasteiger partial charge in [-0.15, -0.1) is 0 Å². The van der Waals surface area contributed by atoms with Gasteiger partial charge in [0, 0.05) is 24.3 Å². The van der Waals surface area contributed by atoms with Crippen molar-refractivity contribution >= 4 is 0 Å². The SMILES string of the molecule is CC(C)NCc1cnn(C2CCCC2O)c1. The number of hydrogen-bond acceptors (Lipinski definition) is 3. The second-order valence-corrected chi connectivity index (χ2v) is 4.93. The molecule has 1 aromatic rings. The minimum absolute atomic E-state index is 0.188. The van der Waals surface area contributed by atoms with E-state index in [2.05, 4.69) is 30.5 Å². The first-order valence-corrected chi connectivity index (χ1v) is 6.11. The molecule has 1 fully saturated rings. The van der Waals surface area contributed by atoms with E-state index in [-0.39, 0.29) is 12.1 Å². The van der Waals surface area contributed by atoms with Crippen molar-refractivity contribution in [1.29, 1.82) is 0 Å². The van der Waals surface area contributed by atoms with Crippen molar-refractivity contribution in [2.75, 3.05) is 0 Å². The minimum atomic E-state index is -0.217. The highest BCUT2D eigenvalue weighted by molar-refractivity contribution is 5.05. The van der Waals surface area contributed by atoms with E-state index in [0.29, 0.717) is 6.04 Å². The summed E-state index contributed by atoms with van der Waals surface area (Å²) in [5, 5.41) is 17.5. The largest absolute Gasteiger partial charge is 0.391 e. The van der Waals surface area contributed by atoms with Gasteiger partial charge in [-0.2, -0.15) is 5.10 Å². The molecule has 16 heavy (non-hydrogen) atoms. The van der Waals surface area contributed by atoms with Crippen LogP contribution in [0.15, 0.2) is 12.4 Å². The Bertz CT molecular complexity index is 335. The molecule has 1 aliphatic rings. The average molecular weight is 223 g/mol. The number of aliphatic hydroxyl groups is 1. The van der Waals surface area contributed by atoms with Crippen LogP contribution in [0.2, 0.25) is 0 Å². The molecule has 0 amide bonds. The summed E-state index contributed by atoms with van der Waals surface area (Å²) in [6, 6.07) is 0.674. The zero-order valence-corrected chi connectivity index (χ0v) is 10.1. The quantitative estimate of drug-likeness (QED) is 0.812. The maximum absolute atomic E-state index is 9.79. The number of nitrogens with one attached hydrogen (secondary N) is 1. The Labute approximate surface area is 96.7 Å². The number of nitrogens with zero attached hydrogens (tertiary/aromatic N) is 2. The predicted molar refractivity (Wildman–Crippen MR) is 63.1 cm³/mol. The third-order valence-corrected chi connectivity index (χ3v) is 3.15. The van der Waals surface area contributed by atoms with E-state index in [9.17, 15) is 5.11 Å². The maximum atomic E-state index is 9.79. The van der Waals surface area contributed by atoms with E-state index in [4.69, 9.17) is 0 Å². The van der Waals surface area contributed by atoms with Gasteiger partial charge in [0.15, 0.2) is 0 Å². The summed E-state index contributed by atoms with van der Waals surface area (Å²) in [5.41, 5.74) is 1.19. The Morgan fingerprint density at radius 3 is 3.00 bits per heavy atom. The Balaban J connectivity index is 1.96. The Kier molecular flexibility index (Phi) is 3.61. The number of aliphatic hydroxyl groups excluding tert-OH is 1. The van der Waals surface area contributed by atoms with Crippen molar-refractivity contribution in [3.63, 3.8) is 0 Å². The first-order chi connectivity index (χ1) is 7.66. The molecule has 2 N–H and O–H groups in total. The van der Waals surface area contributed by atoms with Gasteiger partial charge in [0.25, 0.3) is 0 Å². The topological polar surface area (TPSA) is 50.1 Å². The van der Waals surface area contributed by atoms with E-state index in [1.54, 1.807) is 0 Å². The van der Waals surface area contributed by atoms with Crippen LogP contribution in [-0.4, -0.2) is 27.0 Å². The Morgan fingerprint density at radius 1 is 1.56 bits per heavy atom. The van der Waals surface area contributed by atoms with Crippen LogP contribution in [0.1, 0.15) is 44.7 Å². The lowest BCUT2D eigenvalue weighted by molar-refractivity contribution is 0.130. The predicted octanol–water partition coefficient (Wildman–Crippen LogP) is 1.47. The summed E-state index contributed by atoms with van der Waals surface area (Å²) in [5.74, 6) is 0. The van der Waals surface area contributed by atoms with Gasteiger partial charge < -0.3 is 10.4 Å². The lowest BCUT2D eigenvalue weighted by Crippen LogP contribution is -2.21. The van der Waals surface area contributed by atoms with Crippen LogP contribution < -0.4 is 5.32 Å². The molecule has 0 spiro atoms. The van der Waals surface area contributed by atoms with Crippen LogP contribution in [0.25, 0.3) is 0 Å². The van der Waals surface area contributed by atoms with Crippen LogP contribution in [0.4, 0.5) is 0 Å². The normalized spacial score (nSPS) is 25.5. The van der Waals surface area contributed by atoms with Gasteiger partial charge >= 0.3 is 0 Å². The third kappa shape index (κ3) is 2.62. The molecule has 0 aliphatic heterocycles. The fraction of sp³-hybridized carbons (Fsp3) is 0.750. The Morgan fingerprint density at radius 2 is 2.38 bits per heavy atom. The van der Waals surface area contributed by atoms with Crippen LogP contribution in [-0.2, 0) is 6.54 Å². The van der Waals surface area contributed by atoms with Crippen LogP contribution in [0.5, 0.6) is 0 Å². The first kappa shape index (κ1) is 11.6. The minimum Gasteiger partial charge on any atom is -0.391 e. The summed E-state index contributed by atoms with van der Waals surface area (Å²) >= 11 is 0. The molecule has 0 radical (unpaired) electrons. The van der Waals surface area contributed by atoms with Crippen molar-refractivity contribution in [2.24, 2.45) is 0 Å². The van der Waals surface area contributed by atoms with Gasteiger partial charge in [-0.1, -0.05) is 13.8 Å². The molecule has 0 bridgehead atoms. The van der Waals surface area contributed by atoms with E-state index in [1.165, 1.54) is 5.56 Å². The summed E-state index contributed by atoms with van der Waals surface area (Å²) in [6.07, 6.45) is 6.77. The highest BCUT2D eigenvalue weighted by Gasteiger charge is 2.27. The summed E-state index contributed by atoms with van der Waals surface area (Å²) in [7, 11) is 0. The van der Waals surface area contributed by atoms with Gasteiger partial charge in [0.2, 0.25) is 0 Å². The highest BCUT2D eigenvalue weighted by Crippen LogP contribution is 2.29. The first-order valence-electron chi connectivity index (χ1n) is 6.11. The highest BCUT2D eigenvalue weighted by atomic mass is 16.3. The number of hydrogen-bond donors (Lipinski definition) is 2. The smallest absolute Gasteiger partial charge is 0.0778 e. The van der Waals surface area contributed by atoms with Gasteiger partial charge in [0.05, 0.1) is 18.3 Å². The molecule has 4 nitrogen and oxygen atoms in total. The molecule has 90 valence electrons. The lowest BCUT2D eigenvalue weighted by atomic mass is 10.2. The van der Waals surface area contributed by atoms with Crippen LogP contribution >= 0.6 is 0 Å². The third-order valence-electron chi connectivity index (χ3n) is 3.15. The maximum Gasteiger partial charge on any atom is 0.0778 e. The zero-order valence-electron chi connectivity index (χ0n) is 10.1. The fourth-order valence-corrected chi connectivity index (χ4v) is 2.20. The second-order valence-electron chi connectivity index (χ2n) is 4.93. The van der Waals surface area contributed by atoms with Crippen molar-refractivity contribution in [2.45, 2.75) is 57.8 Å².